The van der Waals surface area contributed by atoms with Crippen molar-refractivity contribution in [3.63, 3.8) is 0 Å². The van der Waals surface area contributed by atoms with Crippen LogP contribution in [0.15, 0.2) is 34.9 Å². The molecular weight excluding hydrogens is 228 g/mol. The second-order valence-electron chi connectivity index (χ2n) is 4.55. The van der Waals surface area contributed by atoms with Crippen molar-refractivity contribution in [3.8, 4) is 0 Å². The molecule has 0 atom stereocenters. The summed E-state index contributed by atoms with van der Waals surface area (Å²) in [7, 11) is 0. The molecule has 18 heavy (non-hydrogen) atoms. The van der Waals surface area contributed by atoms with Crippen LogP contribution < -0.4 is 0 Å². The van der Waals surface area contributed by atoms with E-state index in [4.69, 9.17) is 10.2 Å². The van der Waals surface area contributed by atoms with Crippen LogP contribution in [0.25, 0.3) is 0 Å². The topological polar surface area (TPSA) is 57.5 Å². The third-order valence-corrected chi connectivity index (χ3v) is 2.80. The van der Waals surface area contributed by atoms with Gasteiger partial charge in [0.15, 0.2) is 0 Å². The van der Waals surface area contributed by atoms with E-state index in [0.717, 1.165) is 25.7 Å². The van der Waals surface area contributed by atoms with Crippen molar-refractivity contribution in [3.05, 3.63) is 34.9 Å². The maximum absolute atomic E-state index is 10.6. The average Bonchev–Trinajstić information content (AvgIpc) is 2.29. The number of hydrogen-bond donors (Lipinski definition) is 2. The van der Waals surface area contributed by atoms with E-state index in [-0.39, 0.29) is 6.61 Å². The van der Waals surface area contributed by atoms with Crippen LogP contribution >= 0.6 is 0 Å². The number of aliphatic hydroxyl groups excluding tert-OH is 1. The molecule has 0 heterocycles. The fraction of sp³-hybridized carbons (Fsp3) is 0.533. The van der Waals surface area contributed by atoms with Gasteiger partial charge in [-0.25, -0.2) is 4.79 Å². The molecular formula is C15H24O3. The zero-order valence-electron chi connectivity index (χ0n) is 11.6. The molecule has 0 bridgehead atoms. The first kappa shape index (κ1) is 16.6. The molecule has 0 radical (unpaired) electrons. The van der Waals surface area contributed by atoms with Gasteiger partial charge in [0.2, 0.25) is 0 Å². The SMILES string of the molecule is C/C(=C\CO)CC/C=C(\C)CC/C=C(\C)C(=O)O. The van der Waals surface area contributed by atoms with Gasteiger partial charge < -0.3 is 10.2 Å². The molecule has 0 spiro atoms. The number of aliphatic hydroxyl groups is 1. The van der Waals surface area contributed by atoms with Gasteiger partial charge in [-0.1, -0.05) is 29.4 Å². The largest absolute Gasteiger partial charge is 0.478 e. The van der Waals surface area contributed by atoms with Crippen molar-refractivity contribution < 1.29 is 15.0 Å². The summed E-state index contributed by atoms with van der Waals surface area (Å²) < 4.78 is 0. The Morgan fingerprint density at radius 2 is 1.44 bits per heavy atom. The lowest BCUT2D eigenvalue weighted by Crippen LogP contribution is -1.95. The molecule has 2 N–H and O–H groups in total. The molecule has 0 rings (SSSR count). The Morgan fingerprint density at radius 3 is 1.94 bits per heavy atom. The maximum Gasteiger partial charge on any atom is 0.330 e. The van der Waals surface area contributed by atoms with E-state index in [9.17, 15) is 4.79 Å². The molecule has 0 fully saturated rings. The average molecular weight is 252 g/mol. The normalized spacial score (nSPS) is 13.9. The predicted octanol–water partition coefficient (Wildman–Crippen LogP) is 3.46. The van der Waals surface area contributed by atoms with Gasteiger partial charge in [0.25, 0.3) is 0 Å². The zero-order valence-corrected chi connectivity index (χ0v) is 11.6. The highest BCUT2D eigenvalue weighted by atomic mass is 16.4. The molecule has 0 aliphatic heterocycles. The molecule has 0 unspecified atom stereocenters. The smallest absolute Gasteiger partial charge is 0.330 e. The van der Waals surface area contributed by atoms with Gasteiger partial charge in [-0.05, 0) is 46.5 Å². The summed E-state index contributed by atoms with van der Waals surface area (Å²) in [6, 6.07) is 0. The minimum Gasteiger partial charge on any atom is -0.478 e. The van der Waals surface area contributed by atoms with Gasteiger partial charge in [-0.3, -0.25) is 0 Å². The quantitative estimate of drug-likeness (QED) is 0.514. The molecule has 102 valence electrons. The van der Waals surface area contributed by atoms with E-state index in [0.29, 0.717) is 5.57 Å². The second kappa shape index (κ2) is 9.66. The lowest BCUT2D eigenvalue weighted by molar-refractivity contribution is -0.132. The van der Waals surface area contributed by atoms with Gasteiger partial charge in [-0.2, -0.15) is 0 Å². The Kier molecular flexibility index (Phi) is 8.93. The predicted molar refractivity (Wildman–Crippen MR) is 74.5 cm³/mol. The summed E-state index contributed by atoms with van der Waals surface area (Å²) in [6.45, 7) is 5.80. The van der Waals surface area contributed by atoms with Crippen molar-refractivity contribution in [2.24, 2.45) is 0 Å². The van der Waals surface area contributed by atoms with E-state index < -0.39 is 5.97 Å². The highest BCUT2D eigenvalue weighted by Crippen LogP contribution is 2.11. The van der Waals surface area contributed by atoms with Crippen LogP contribution in [0.3, 0.4) is 0 Å². The Bertz CT molecular complexity index is 349. The first-order chi connectivity index (χ1) is 8.47. The number of carboxylic acids is 1. The summed E-state index contributed by atoms with van der Waals surface area (Å²) in [5.41, 5.74) is 2.88. The van der Waals surface area contributed by atoms with E-state index in [1.54, 1.807) is 13.0 Å². The Hall–Kier alpha value is -1.35. The van der Waals surface area contributed by atoms with Gasteiger partial charge in [0, 0.05) is 5.57 Å². The number of allylic oxidation sites excluding steroid dienone is 4. The second-order valence-corrected chi connectivity index (χ2v) is 4.55. The summed E-state index contributed by atoms with van der Waals surface area (Å²) in [5.74, 6) is -0.846. The fourth-order valence-corrected chi connectivity index (χ4v) is 1.51. The van der Waals surface area contributed by atoms with Crippen LogP contribution in [0, 0.1) is 0 Å². The van der Waals surface area contributed by atoms with Crippen molar-refractivity contribution in [2.75, 3.05) is 6.61 Å². The van der Waals surface area contributed by atoms with Crippen LogP contribution in [0.1, 0.15) is 46.5 Å². The van der Waals surface area contributed by atoms with Crippen LogP contribution in [-0.2, 0) is 4.79 Å². The van der Waals surface area contributed by atoms with Crippen molar-refractivity contribution in [1.29, 1.82) is 0 Å². The van der Waals surface area contributed by atoms with Crippen molar-refractivity contribution in [2.45, 2.75) is 46.5 Å². The van der Waals surface area contributed by atoms with Crippen molar-refractivity contribution >= 4 is 5.97 Å². The first-order valence-electron chi connectivity index (χ1n) is 6.29. The Labute approximate surface area is 110 Å². The minimum absolute atomic E-state index is 0.105. The van der Waals surface area contributed by atoms with Crippen molar-refractivity contribution in [1.82, 2.24) is 0 Å². The van der Waals surface area contributed by atoms with Crippen LogP contribution in [-0.4, -0.2) is 22.8 Å². The highest BCUT2D eigenvalue weighted by molar-refractivity contribution is 5.85. The van der Waals surface area contributed by atoms with Crippen LogP contribution in [0.4, 0.5) is 0 Å². The van der Waals surface area contributed by atoms with Crippen LogP contribution in [0.5, 0.6) is 0 Å². The number of carboxylic acid groups (broad SMARTS) is 1. The third kappa shape index (κ3) is 8.76. The maximum atomic E-state index is 10.6. The Morgan fingerprint density at radius 1 is 0.944 bits per heavy atom. The summed E-state index contributed by atoms with van der Waals surface area (Å²) in [4.78, 5) is 10.6. The van der Waals surface area contributed by atoms with E-state index in [1.807, 2.05) is 13.0 Å². The fourth-order valence-electron chi connectivity index (χ4n) is 1.51. The highest BCUT2D eigenvalue weighted by Gasteiger charge is 1.98. The Balaban J connectivity index is 3.96. The molecule has 0 aromatic carbocycles. The summed E-state index contributed by atoms with van der Waals surface area (Å²) in [6.07, 6.45) is 9.36. The van der Waals surface area contributed by atoms with E-state index in [1.165, 1.54) is 11.1 Å². The van der Waals surface area contributed by atoms with Gasteiger partial charge >= 0.3 is 5.97 Å². The molecule has 0 amide bonds. The first-order valence-corrected chi connectivity index (χ1v) is 6.29. The van der Waals surface area contributed by atoms with E-state index in [2.05, 4.69) is 13.0 Å². The molecule has 3 heteroatoms. The molecule has 0 saturated heterocycles. The standard InChI is InChI=1S/C15H24O3/c1-12(6-4-7-13(2)10-11-16)8-5-9-14(3)15(17)18/h6,9-10,16H,4-5,7-8,11H2,1-3H3,(H,17,18)/b12-6+,13-10+,14-9+. The molecule has 0 aromatic heterocycles. The zero-order chi connectivity index (χ0) is 14.0. The number of rotatable bonds is 8. The van der Waals surface area contributed by atoms with Gasteiger partial charge in [0.05, 0.1) is 6.61 Å². The third-order valence-electron chi connectivity index (χ3n) is 2.80. The monoisotopic (exact) mass is 252 g/mol. The number of aliphatic carboxylic acids is 1. The lowest BCUT2D eigenvalue weighted by atomic mass is 10.1. The van der Waals surface area contributed by atoms with Gasteiger partial charge in [0.1, 0.15) is 0 Å². The molecule has 3 nitrogen and oxygen atoms in total. The lowest BCUT2D eigenvalue weighted by Gasteiger charge is -2.01. The number of hydrogen-bond acceptors (Lipinski definition) is 2. The van der Waals surface area contributed by atoms with E-state index >= 15 is 0 Å². The molecule has 0 aliphatic rings. The molecule has 0 aromatic rings. The molecule has 0 saturated carbocycles. The summed E-state index contributed by atoms with van der Waals surface area (Å²) in [5, 5.41) is 17.4. The molecule has 0 aliphatic carbocycles. The number of carbonyl (C=O) groups is 1. The minimum atomic E-state index is -0.846. The van der Waals surface area contributed by atoms with Gasteiger partial charge in [-0.15, -0.1) is 0 Å². The van der Waals surface area contributed by atoms with Crippen LogP contribution in [0.2, 0.25) is 0 Å². The summed E-state index contributed by atoms with van der Waals surface area (Å²) >= 11 is 0.